The number of hydrogen-bond donors (Lipinski definition) is 1. The number of fused-ring (bicyclic) bond motifs is 1. The molecular weight excluding hydrogens is 413 g/mol. The van der Waals surface area contributed by atoms with Gasteiger partial charge in [-0.1, -0.05) is 17.8 Å². The number of terminal acetylenes is 1. The zero-order valence-electron chi connectivity index (χ0n) is 16.7. The number of halogens is 3. The minimum Gasteiger partial charge on any atom is -0.367 e. The maximum absolute atomic E-state index is 14.6. The Morgan fingerprint density at radius 1 is 1.06 bits per heavy atom. The Balaban J connectivity index is 1.69. The predicted molar refractivity (Wildman–Crippen MR) is 113 cm³/mol. The Morgan fingerprint density at radius 3 is 2.66 bits per heavy atom. The van der Waals surface area contributed by atoms with E-state index in [0.29, 0.717) is 11.1 Å². The molecule has 0 radical (unpaired) electrons. The normalized spacial score (nSPS) is 12.8. The highest BCUT2D eigenvalue weighted by molar-refractivity contribution is 5.99. The summed E-state index contributed by atoms with van der Waals surface area (Å²) in [7, 11) is 0. The lowest BCUT2D eigenvalue weighted by atomic mass is 10.0. The third-order valence-corrected chi connectivity index (χ3v) is 5.10. The molecule has 1 aliphatic rings. The van der Waals surface area contributed by atoms with Gasteiger partial charge in [-0.05, 0) is 53.8 Å². The molecule has 156 valence electrons. The van der Waals surface area contributed by atoms with Gasteiger partial charge in [0, 0.05) is 42.0 Å². The van der Waals surface area contributed by atoms with Crippen molar-refractivity contribution >= 4 is 5.91 Å². The monoisotopic (exact) mass is 428 g/mol. The van der Waals surface area contributed by atoms with Crippen molar-refractivity contribution in [1.82, 2.24) is 9.88 Å². The summed E-state index contributed by atoms with van der Waals surface area (Å²) >= 11 is 0. The van der Waals surface area contributed by atoms with E-state index in [-0.39, 0.29) is 24.1 Å². The van der Waals surface area contributed by atoms with Crippen LogP contribution >= 0.6 is 0 Å². The summed E-state index contributed by atoms with van der Waals surface area (Å²) in [5, 5.41) is 0. The summed E-state index contributed by atoms with van der Waals surface area (Å²) < 4.78 is 43.0. The van der Waals surface area contributed by atoms with Crippen LogP contribution in [0.5, 0.6) is 0 Å². The van der Waals surface area contributed by atoms with Crippen molar-refractivity contribution in [1.29, 1.82) is 0 Å². The first-order valence-electron chi connectivity index (χ1n) is 9.64. The standard InChI is InChI=1S/C26H15F3N2O/c1-2-17-12-19-16-31(26(32)25(19)23(29)13-17)24(21-14-20(27)8-9-22(21)28)7-5-3-4-6-18-10-11-30-15-18/h1,8-15,24,30H,7,16H2. The molecule has 0 saturated carbocycles. The Hall–Kier alpha value is -4.34. The molecule has 1 aromatic heterocycles. The Labute approximate surface area is 183 Å². The largest absolute Gasteiger partial charge is 0.367 e. The summed E-state index contributed by atoms with van der Waals surface area (Å²) in [5.41, 5.74) is 1.27. The van der Waals surface area contributed by atoms with Gasteiger partial charge >= 0.3 is 0 Å². The molecular formula is C26H15F3N2O. The molecule has 2 aromatic carbocycles. The Kier molecular flexibility index (Phi) is 5.75. The van der Waals surface area contributed by atoms with Crippen LogP contribution in [-0.2, 0) is 6.54 Å². The molecule has 1 N–H and O–H groups in total. The predicted octanol–water partition coefficient (Wildman–Crippen LogP) is 4.56. The summed E-state index contributed by atoms with van der Waals surface area (Å²) in [6.07, 6.45) is 8.77. The molecule has 3 aromatic rings. The molecule has 0 aliphatic carbocycles. The van der Waals surface area contributed by atoms with Gasteiger partial charge in [0.1, 0.15) is 17.5 Å². The van der Waals surface area contributed by atoms with Crippen LogP contribution in [-0.4, -0.2) is 15.8 Å². The van der Waals surface area contributed by atoms with Crippen LogP contribution in [0.25, 0.3) is 0 Å². The molecule has 1 amide bonds. The quantitative estimate of drug-likeness (QED) is 0.611. The van der Waals surface area contributed by atoms with Gasteiger partial charge in [-0.25, -0.2) is 13.2 Å². The van der Waals surface area contributed by atoms with E-state index in [1.165, 1.54) is 4.90 Å². The van der Waals surface area contributed by atoms with Crippen LogP contribution < -0.4 is 0 Å². The number of benzene rings is 2. The van der Waals surface area contributed by atoms with Crippen molar-refractivity contribution in [3.8, 4) is 36.0 Å². The maximum atomic E-state index is 14.6. The molecule has 1 aliphatic heterocycles. The maximum Gasteiger partial charge on any atom is 0.258 e. The Bertz CT molecular complexity index is 1360. The van der Waals surface area contributed by atoms with E-state index in [2.05, 4.69) is 34.6 Å². The van der Waals surface area contributed by atoms with Gasteiger partial charge in [-0.15, -0.1) is 6.42 Å². The summed E-state index contributed by atoms with van der Waals surface area (Å²) in [5.74, 6) is 10.6. The number of carbonyl (C=O) groups is 1. The molecule has 32 heavy (non-hydrogen) atoms. The van der Waals surface area contributed by atoms with E-state index >= 15 is 0 Å². The van der Waals surface area contributed by atoms with Crippen LogP contribution in [0.4, 0.5) is 13.2 Å². The van der Waals surface area contributed by atoms with E-state index < -0.39 is 29.4 Å². The molecule has 4 rings (SSSR count). The average Bonchev–Trinajstić information content (AvgIpc) is 3.41. The average molecular weight is 428 g/mol. The summed E-state index contributed by atoms with van der Waals surface area (Å²) in [6.45, 7) is -0.00205. The van der Waals surface area contributed by atoms with E-state index in [9.17, 15) is 18.0 Å². The SMILES string of the molecule is C#Cc1cc(F)c2c(c1)CN(C(CC#CC#Cc1cc[nH]c1)c1cc(F)ccc1F)C2=O. The first-order chi connectivity index (χ1) is 15.5. The smallest absolute Gasteiger partial charge is 0.258 e. The lowest BCUT2D eigenvalue weighted by Crippen LogP contribution is -2.30. The number of nitrogens with zero attached hydrogens (tertiary/aromatic N) is 1. The summed E-state index contributed by atoms with van der Waals surface area (Å²) in [6, 6.07) is 6.48. The zero-order valence-corrected chi connectivity index (χ0v) is 16.7. The highest BCUT2D eigenvalue weighted by atomic mass is 19.1. The Morgan fingerprint density at radius 2 is 1.91 bits per heavy atom. The second-order valence-electron chi connectivity index (χ2n) is 7.11. The lowest BCUT2D eigenvalue weighted by molar-refractivity contribution is 0.0697. The molecule has 0 spiro atoms. The first-order valence-corrected chi connectivity index (χ1v) is 9.64. The number of nitrogens with one attached hydrogen (secondary N) is 1. The molecule has 0 saturated heterocycles. The van der Waals surface area contributed by atoms with Gasteiger partial charge in [0.15, 0.2) is 0 Å². The van der Waals surface area contributed by atoms with Crippen LogP contribution in [0, 0.1) is 53.5 Å². The van der Waals surface area contributed by atoms with Crippen molar-refractivity contribution in [2.24, 2.45) is 0 Å². The molecule has 3 nitrogen and oxygen atoms in total. The highest BCUT2D eigenvalue weighted by Crippen LogP contribution is 2.36. The number of carbonyl (C=O) groups excluding carboxylic acids is 1. The third kappa shape index (κ3) is 4.10. The second-order valence-corrected chi connectivity index (χ2v) is 7.11. The van der Waals surface area contributed by atoms with E-state index in [0.717, 1.165) is 29.8 Å². The van der Waals surface area contributed by atoms with Crippen molar-refractivity contribution in [3.05, 3.63) is 94.1 Å². The van der Waals surface area contributed by atoms with Crippen molar-refractivity contribution in [3.63, 3.8) is 0 Å². The van der Waals surface area contributed by atoms with Crippen molar-refractivity contribution < 1.29 is 18.0 Å². The number of H-pyrrole nitrogens is 1. The minimum atomic E-state index is -0.944. The number of rotatable bonds is 3. The molecule has 6 heteroatoms. The van der Waals surface area contributed by atoms with Crippen LogP contribution in [0.1, 0.15) is 45.1 Å². The molecule has 2 heterocycles. The second kappa shape index (κ2) is 8.80. The lowest BCUT2D eigenvalue weighted by Gasteiger charge is -2.27. The van der Waals surface area contributed by atoms with Crippen LogP contribution in [0.2, 0.25) is 0 Å². The topological polar surface area (TPSA) is 36.1 Å². The van der Waals surface area contributed by atoms with Gasteiger partial charge in [0.05, 0.1) is 11.6 Å². The van der Waals surface area contributed by atoms with Gasteiger partial charge in [-0.2, -0.15) is 0 Å². The number of aromatic nitrogens is 1. The van der Waals surface area contributed by atoms with E-state index in [4.69, 9.17) is 6.42 Å². The van der Waals surface area contributed by atoms with Crippen LogP contribution in [0.15, 0.2) is 48.8 Å². The minimum absolute atomic E-state index is 0.00205. The zero-order chi connectivity index (χ0) is 22.7. The van der Waals surface area contributed by atoms with Gasteiger partial charge in [0.2, 0.25) is 0 Å². The molecule has 1 atom stereocenters. The number of hydrogen-bond acceptors (Lipinski definition) is 1. The summed E-state index contributed by atoms with van der Waals surface area (Å²) in [4.78, 5) is 17.2. The van der Waals surface area contributed by atoms with Gasteiger partial charge < -0.3 is 9.88 Å². The van der Waals surface area contributed by atoms with Crippen molar-refractivity contribution in [2.75, 3.05) is 0 Å². The fraction of sp³-hybridized carbons (Fsp3) is 0.115. The first kappa shape index (κ1) is 20.9. The number of amides is 1. The molecule has 0 fully saturated rings. The van der Waals surface area contributed by atoms with Gasteiger partial charge in [0.25, 0.3) is 5.91 Å². The number of aromatic amines is 1. The fourth-order valence-electron chi connectivity index (χ4n) is 3.62. The van der Waals surface area contributed by atoms with Gasteiger partial charge in [-0.3, -0.25) is 4.79 Å². The van der Waals surface area contributed by atoms with Crippen LogP contribution in [0.3, 0.4) is 0 Å². The molecule has 1 unspecified atom stereocenters. The van der Waals surface area contributed by atoms with E-state index in [1.54, 1.807) is 24.5 Å². The highest BCUT2D eigenvalue weighted by Gasteiger charge is 2.36. The van der Waals surface area contributed by atoms with E-state index in [1.807, 2.05) is 0 Å². The third-order valence-electron chi connectivity index (χ3n) is 5.10. The van der Waals surface area contributed by atoms with Crippen molar-refractivity contribution in [2.45, 2.75) is 19.0 Å². The molecule has 0 bridgehead atoms. The fourth-order valence-corrected chi connectivity index (χ4v) is 3.62.